The first-order valence-corrected chi connectivity index (χ1v) is 11.9. The van der Waals surface area contributed by atoms with Gasteiger partial charge in [-0.15, -0.1) is 0 Å². The highest BCUT2D eigenvalue weighted by Crippen LogP contribution is 2.31. The van der Waals surface area contributed by atoms with E-state index in [-0.39, 0.29) is 30.1 Å². The average molecular weight is 488 g/mol. The summed E-state index contributed by atoms with van der Waals surface area (Å²) in [4.78, 5) is 29.1. The summed E-state index contributed by atoms with van der Waals surface area (Å²) < 4.78 is 24.8. The van der Waals surface area contributed by atoms with E-state index in [9.17, 15) is 4.79 Å². The Hall–Kier alpha value is -4.05. The van der Waals surface area contributed by atoms with Crippen LogP contribution >= 0.6 is 0 Å². The number of anilines is 1. The number of aryl methyl sites for hydroxylation is 1. The summed E-state index contributed by atoms with van der Waals surface area (Å²) in [5.41, 5.74) is 9.84. The van der Waals surface area contributed by atoms with Gasteiger partial charge in [-0.05, 0) is 44.4 Å². The quantitative estimate of drug-likeness (QED) is 0.405. The summed E-state index contributed by atoms with van der Waals surface area (Å²) in [6, 6.07) is 8.35. The van der Waals surface area contributed by atoms with Gasteiger partial charge in [-0.3, -0.25) is 9.20 Å². The van der Waals surface area contributed by atoms with Crippen molar-refractivity contribution in [3.05, 3.63) is 71.8 Å². The molecular formula is C26H26FN7O2. The largest absolute Gasteiger partial charge is 0.382 e. The number of pyridine rings is 1. The molecule has 5 aromatic rings. The molecule has 1 amide bonds. The van der Waals surface area contributed by atoms with Gasteiger partial charge in [0.25, 0.3) is 5.91 Å². The number of carbonyl (C=O) groups is 1. The van der Waals surface area contributed by atoms with E-state index in [0.29, 0.717) is 22.2 Å². The number of fused-ring (bicyclic) bond motifs is 4. The zero-order valence-corrected chi connectivity index (χ0v) is 20.1. The van der Waals surface area contributed by atoms with Crippen LogP contribution < -0.4 is 5.73 Å². The van der Waals surface area contributed by atoms with Crippen LogP contribution in [0.4, 0.5) is 10.2 Å². The second-order valence-electron chi connectivity index (χ2n) is 9.27. The van der Waals surface area contributed by atoms with E-state index in [1.807, 2.05) is 41.9 Å². The van der Waals surface area contributed by atoms with Crippen LogP contribution in [-0.4, -0.2) is 53.8 Å². The molecule has 2 N–H and O–H groups in total. The molecule has 10 heteroatoms. The number of rotatable bonds is 5. The topological polar surface area (TPSA) is 103 Å². The first-order valence-electron chi connectivity index (χ1n) is 11.9. The molecule has 0 saturated heterocycles. The van der Waals surface area contributed by atoms with Crippen LogP contribution in [0.2, 0.25) is 0 Å². The normalized spacial score (nSPS) is 18.0. The molecule has 9 nitrogen and oxygen atoms in total. The molecule has 1 aliphatic carbocycles. The Labute approximate surface area is 206 Å². The molecule has 0 radical (unpaired) electrons. The minimum absolute atomic E-state index is 0.0350. The zero-order chi connectivity index (χ0) is 25.0. The number of imidazole rings is 2. The van der Waals surface area contributed by atoms with Gasteiger partial charge in [0.1, 0.15) is 29.1 Å². The van der Waals surface area contributed by atoms with Crippen molar-refractivity contribution < 1.29 is 13.9 Å². The monoisotopic (exact) mass is 487 g/mol. The molecule has 2 atom stereocenters. The number of methoxy groups -OCH3 is 1. The summed E-state index contributed by atoms with van der Waals surface area (Å²) in [7, 11) is 1.65. The molecule has 1 saturated carbocycles. The standard InChI is InChI=1S/C26H26FN7O2/c1-15-24-25(28)31-19-11-18(27)17(10-21(19)34(24)14-29-15)26(35)33(20-6-5-7-22(20)36-2)13-16-12-32-9-4-3-8-23(32)30-16/h3-4,8-12,14,20,22H,5-7,13H2,1-2H3,(H2,28,31). The predicted molar refractivity (Wildman–Crippen MR) is 133 cm³/mol. The van der Waals surface area contributed by atoms with E-state index in [1.165, 1.54) is 6.07 Å². The Balaban J connectivity index is 1.46. The highest BCUT2D eigenvalue weighted by molar-refractivity contribution is 5.98. The second-order valence-corrected chi connectivity index (χ2v) is 9.27. The Morgan fingerprint density at radius 1 is 1.28 bits per heavy atom. The number of amides is 1. The van der Waals surface area contributed by atoms with Gasteiger partial charge < -0.3 is 19.8 Å². The molecule has 0 spiro atoms. The third kappa shape index (κ3) is 3.56. The lowest BCUT2D eigenvalue weighted by atomic mass is 10.1. The highest BCUT2D eigenvalue weighted by Gasteiger charge is 2.36. The summed E-state index contributed by atoms with van der Waals surface area (Å²) in [5, 5.41) is 0. The lowest BCUT2D eigenvalue weighted by molar-refractivity contribution is 0.0242. The first kappa shape index (κ1) is 22.4. The summed E-state index contributed by atoms with van der Waals surface area (Å²) in [6.45, 7) is 2.07. The van der Waals surface area contributed by atoms with Crippen LogP contribution in [0.3, 0.4) is 0 Å². The van der Waals surface area contributed by atoms with Crippen LogP contribution in [0, 0.1) is 12.7 Å². The van der Waals surface area contributed by atoms with Crippen molar-refractivity contribution in [3.8, 4) is 0 Å². The minimum Gasteiger partial charge on any atom is -0.382 e. The van der Waals surface area contributed by atoms with Gasteiger partial charge in [0.2, 0.25) is 0 Å². The van der Waals surface area contributed by atoms with Gasteiger partial charge >= 0.3 is 0 Å². The number of ether oxygens (including phenoxy) is 1. The SMILES string of the molecule is COC1CCCC1N(Cc1cn2ccccc2n1)C(=O)c1cc2c(cc1F)nc(N)c1c(C)ncn12. The fourth-order valence-corrected chi connectivity index (χ4v) is 5.38. The van der Waals surface area contributed by atoms with Gasteiger partial charge in [0.15, 0.2) is 0 Å². The smallest absolute Gasteiger partial charge is 0.257 e. The van der Waals surface area contributed by atoms with Crippen LogP contribution in [0.25, 0.3) is 22.2 Å². The fourth-order valence-electron chi connectivity index (χ4n) is 5.38. The predicted octanol–water partition coefficient (Wildman–Crippen LogP) is 3.77. The van der Waals surface area contributed by atoms with E-state index in [4.69, 9.17) is 10.5 Å². The lowest BCUT2D eigenvalue weighted by Gasteiger charge is -2.32. The van der Waals surface area contributed by atoms with Crippen LogP contribution in [-0.2, 0) is 11.3 Å². The Morgan fingerprint density at radius 2 is 2.14 bits per heavy atom. The summed E-state index contributed by atoms with van der Waals surface area (Å²) in [5.74, 6) is -0.803. The van der Waals surface area contributed by atoms with Crippen molar-refractivity contribution in [2.75, 3.05) is 12.8 Å². The van der Waals surface area contributed by atoms with Crippen molar-refractivity contribution in [1.29, 1.82) is 0 Å². The second kappa shape index (κ2) is 8.56. The molecule has 0 bridgehead atoms. The first-order chi connectivity index (χ1) is 17.4. The maximum atomic E-state index is 15.4. The van der Waals surface area contributed by atoms with E-state index in [0.717, 1.165) is 30.6 Å². The van der Waals surface area contributed by atoms with Gasteiger partial charge in [0.05, 0.1) is 46.7 Å². The van der Waals surface area contributed by atoms with Crippen molar-refractivity contribution in [2.45, 2.75) is 44.9 Å². The van der Waals surface area contributed by atoms with Crippen molar-refractivity contribution in [2.24, 2.45) is 0 Å². The van der Waals surface area contributed by atoms with Crippen molar-refractivity contribution in [1.82, 2.24) is 28.7 Å². The molecule has 1 aromatic carbocycles. The molecule has 36 heavy (non-hydrogen) atoms. The third-order valence-electron chi connectivity index (χ3n) is 7.12. The highest BCUT2D eigenvalue weighted by atomic mass is 19.1. The van der Waals surface area contributed by atoms with Gasteiger partial charge in [-0.25, -0.2) is 19.3 Å². The minimum atomic E-state index is -0.650. The third-order valence-corrected chi connectivity index (χ3v) is 7.12. The van der Waals surface area contributed by atoms with Crippen LogP contribution in [0.5, 0.6) is 0 Å². The molecular weight excluding hydrogens is 461 g/mol. The summed E-state index contributed by atoms with van der Waals surface area (Å²) >= 11 is 0. The number of nitrogens with zero attached hydrogens (tertiary/aromatic N) is 6. The van der Waals surface area contributed by atoms with E-state index in [1.54, 1.807) is 28.8 Å². The number of nitrogen functional groups attached to an aromatic ring is 1. The zero-order valence-electron chi connectivity index (χ0n) is 20.1. The average Bonchev–Trinajstić information content (AvgIpc) is 3.59. The van der Waals surface area contributed by atoms with Gasteiger partial charge in [0, 0.05) is 25.6 Å². The van der Waals surface area contributed by atoms with Crippen LogP contribution in [0.1, 0.15) is 41.0 Å². The fraction of sp³-hybridized carbons (Fsp3) is 0.308. The maximum Gasteiger partial charge on any atom is 0.257 e. The number of hydrogen-bond donors (Lipinski definition) is 1. The Bertz CT molecular complexity index is 1590. The molecule has 6 rings (SSSR count). The van der Waals surface area contributed by atoms with Crippen molar-refractivity contribution in [3.63, 3.8) is 0 Å². The molecule has 4 aromatic heterocycles. The number of benzene rings is 1. The number of nitrogens with two attached hydrogens (primary N) is 1. The molecule has 1 fully saturated rings. The Kier molecular flexibility index (Phi) is 5.33. The molecule has 184 valence electrons. The number of halogens is 1. The van der Waals surface area contributed by atoms with Crippen molar-refractivity contribution >= 4 is 33.9 Å². The molecule has 0 aliphatic heterocycles. The van der Waals surface area contributed by atoms with Gasteiger partial charge in [-0.1, -0.05) is 6.07 Å². The number of hydrogen-bond acceptors (Lipinski definition) is 6. The van der Waals surface area contributed by atoms with Crippen LogP contribution in [0.15, 0.2) is 49.1 Å². The van der Waals surface area contributed by atoms with E-state index >= 15 is 4.39 Å². The van der Waals surface area contributed by atoms with Gasteiger partial charge in [-0.2, -0.15) is 0 Å². The molecule has 4 heterocycles. The Morgan fingerprint density at radius 3 is 2.94 bits per heavy atom. The molecule has 1 aliphatic rings. The number of carbonyl (C=O) groups excluding carboxylic acids is 1. The molecule has 2 unspecified atom stereocenters. The van der Waals surface area contributed by atoms with E-state index in [2.05, 4.69) is 15.0 Å². The number of aromatic nitrogens is 5. The lowest BCUT2D eigenvalue weighted by Crippen LogP contribution is -2.45. The summed E-state index contributed by atoms with van der Waals surface area (Å²) in [6.07, 6.45) is 7.84. The maximum absolute atomic E-state index is 15.4. The van der Waals surface area contributed by atoms with E-state index < -0.39 is 11.7 Å².